The Morgan fingerprint density at radius 3 is 2.29 bits per heavy atom. The summed E-state index contributed by atoms with van der Waals surface area (Å²) < 4.78 is 0. The maximum atomic E-state index is 12.6. The average Bonchev–Trinajstić information content (AvgIpc) is 2.22. The third-order valence-electron chi connectivity index (χ3n) is 4.11. The van der Waals surface area contributed by atoms with Crippen molar-refractivity contribution < 1.29 is 4.79 Å². The Bertz CT molecular complexity index is 274. The fraction of sp³-hybridized carbons (Fsp3) is 0.923. The molecule has 2 saturated heterocycles. The molecular weight excluding hydrogens is 236 g/mol. The lowest BCUT2D eigenvalue weighted by Gasteiger charge is -2.48. The molecule has 1 amide bonds. The van der Waals surface area contributed by atoms with Gasteiger partial charge in [-0.15, -0.1) is 12.4 Å². The molecule has 2 rings (SSSR count). The molecule has 100 valence electrons. The minimum atomic E-state index is -0.0310. The smallest absolute Gasteiger partial charge is 0.229 e. The summed E-state index contributed by atoms with van der Waals surface area (Å²) in [5.41, 5.74) is -0.0494. The van der Waals surface area contributed by atoms with Gasteiger partial charge in [-0.1, -0.05) is 0 Å². The highest BCUT2D eigenvalue weighted by Crippen LogP contribution is 2.41. The monoisotopic (exact) mass is 260 g/mol. The highest BCUT2D eigenvalue weighted by molar-refractivity contribution is 5.85. The van der Waals surface area contributed by atoms with Crippen molar-refractivity contribution in [3.8, 4) is 0 Å². The highest BCUT2D eigenvalue weighted by atomic mass is 35.5. The van der Waals surface area contributed by atoms with E-state index in [-0.39, 0.29) is 23.4 Å². The van der Waals surface area contributed by atoms with Crippen molar-refractivity contribution in [1.82, 2.24) is 10.2 Å². The van der Waals surface area contributed by atoms with Crippen LogP contribution in [0.25, 0.3) is 0 Å². The van der Waals surface area contributed by atoms with Crippen LogP contribution in [0.5, 0.6) is 0 Å². The molecule has 2 aliphatic heterocycles. The van der Waals surface area contributed by atoms with Gasteiger partial charge in [0.15, 0.2) is 0 Å². The standard InChI is InChI=1S/C13H24N2O.ClH/c1-12(2,3)15-10-4-5-13(11(15)16)6-8-14-9-7-13;/h14H,4-10H2,1-3H3;1H. The predicted molar refractivity (Wildman–Crippen MR) is 72.5 cm³/mol. The lowest BCUT2D eigenvalue weighted by Crippen LogP contribution is -2.58. The Labute approximate surface area is 111 Å². The maximum Gasteiger partial charge on any atom is 0.229 e. The molecular formula is C13H25ClN2O. The molecule has 0 unspecified atom stereocenters. The fourth-order valence-electron chi connectivity index (χ4n) is 3.08. The minimum Gasteiger partial charge on any atom is -0.337 e. The molecule has 4 heteroatoms. The van der Waals surface area contributed by atoms with Gasteiger partial charge in [0.1, 0.15) is 0 Å². The van der Waals surface area contributed by atoms with Crippen LogP contribution in [-0.4, -0.2) is 36.0 Å². The Kier molecular flexibility index (Phi) is 4.48. The third-order valence-corrected chi connectivity index (χ3v) is 4.11. The number of carbonyl (C=O) groups is 1. The lowest BCUT2D eigenvalue weighted by molar-refractivity contribution is -0.154. The summed E-state index contributed by atoms with van der Waals surface area (Å²) in [6, 6.07) is 0. The molecule has 2 fully saturated rings. The molecule has 0 bridgehead atoms. The Hall–Kier alpha value is -0.280. The predicted octanol–water partition coefficient (Wildman–Crippen LogP) is 2.20. The van der Waals surface area contributed by atoms with Crippen LogP contribution < -0.4 is 5.32 Å². The van der Waals surface area contributed by atoms with Crippen molar-refractivity contribution in [2.24, 2.45) is 5.41 Å². The molecule has 0 aromatic heterocycles. The molecule has 1 N–H and O–H groups in total. The number of carbonyl (C=O) groups excluding carboxylic acids is 1. The summed E-state index contributed by atoms with van der Waals surface area (Å²) in [7, 11) is 0. The summed E-state index contributed by atoms with van der Waals surface area (Å²) in [5, 5.41) is 3.36. The molecule has 0 aromatic rings. The van der Waals surface area contributed by atoms with E-state index in [2.05, 4.69) is 31.0 Å². The molecule has 0 aliphatic carbocycles. The summed E-state index contributed by atoms with van der Waals surface area (Å²) >= 11 is 0. The zero-order chi connectivity index (χ0) is 11.8. The van der Waals surface area contributed by atoms with Gasteiger partial charge < -0.3 is 10.2 Å². The molecule has 0 aromatic carbocycles. The zero-order valence-electron chi connectivity index (χ0n) is 11.2. The first kappa shape index (κ1) is 14.8. The first-order valence-corrected chi connectivity index (χ1v) is 6.49. The molecule has 2 aliphatic rings. The molecule has 1 spiro atoms. The number of likely N-dealkylation sites (tertiary alicyclic amines) is 1. The third kappa shape index (κ3) is 2.76. The first-order valence-electron chi connectivity index (χ1n) is 6.49. The summed E-state index contributed by atoms with van der Waals surface area (Å²) in [6.07, 6.45) is 4.32. The number of hydrogen-bond donors (Lipinski definition) is 1. The van der Waals surface area contributed by atoms with Crippen LogP contribution in [-0.2, 0) is 4.79 Å². The number of piperidine rings is 2. The van der Waals surface area contributed by atoms with Gasteiger partial charge in [0.2, 0.25) is 5.91 Å². The van der Waals surface area contributed by atoms with Gasteiger partial charge >= 0.3 is 0 Å². The lowest BCUT2D eigenvalue weighted by atomic mass is 9.71. The second-order valence-electron chi connectivity index (χ2n) is 6.26. The number of rotatable bonds is 0. The number of nitrogens with one attached hydrogen (secondary N) is 1. The molecule has 3 nitrogen and oxygen atoms in total. The van der Waals surface area contributed by atoms with E-state index in [1.807, 2.05) is 0 Å². The van der Waals surface area contributed by atoms with Crippen molar-refractivity contribution in [2.45, 2.75) is 52.0 Å². The van der Waals surface area contributed by atoms with Gasteiger partial charge in [0, 0.05) is 12.1 Å². The molecule has 0 saturated carbocycles. The largest absolute Gasteiger partial charge is 0.337 e. The van der Waals surface area contributed by atoms with Crippen LogP contribution in [0.4, 0.5) is 0 Å². The quantitative estimate of drug-likeness (QED) is 0.724. The van der Waals surface area contributed by atoms with E-state index < -0.39 is 0 Å². The second-order valence-corrected chi connectivity index (χ2v) is 6.26. The second kappa shape index (κ2) is 5.15. The van der Waals surface area contributed by atoms with Gasteiger partial charge in [-0.2, -0.15) is 0 Å². The maximum absolute atomic E-state index is 12.6. The van der Waals surface area contributed by atoms with Crippen LogP contribution in [0.2, 0.25) is 0 Å². The van der Waals surface area contributed by atoms with E-state index in [1.54, 1.807) is 0 Å². The number of hydrogen-bond acceptors (Lipinski definition) is 2. The van der Waals surface area contributed by atoms with Crippen molar-refractivity contribution in [3.63, 3.8) is 0 Å². The summed E-state index contributed by atoms with van der Waals surface area (Å²) in [5.74, 6) is 0.410. The Morgan fingerprint density at radius 2 is 1.76 bits per heavy atom. The van der Waals surface area contributed by atoms with Gasteiger partial charge in [-0.05, 0) is 59.5 Å². The molecule has 0 radical (unpaired) electrons. The molecule has 17 heavy (non-hydrogen) atoms. The van der Waals surface area contributed by atoms with Crippen LogP contribution in [0.1, 0.15) is 46.5 Å². The molecule has 0 atom stereocenters. The summed E-state index contributed by atoms with van der Waals surface area (Å²) in [6.45, 7) is 9.38. The SMILES string of the molecule is CC(C)(C)N1CCCC2(CCNCC2)C1=O.Cl. The Balaban J connectivity index is 0.00000144. The van der Waals surface area contributed by atoms with Crippen molar-refractivity contribution in [1.29, 1.82) is 0 Å². The number of amides is 1. The van der Waals surface area contributed by atoms with E-state index >= 15 is 0 Å². The van der Waals surface area contributed by atoms with Crippen molar-refractivity contribution >= 4 is 18.3 Å². The van der Waals surface area contributed by atoms with Crippen LogP contribution in [0.3, 0.4) is 0 Å². The first-order chi connectivity index (χ1) is 7.46. The number of nitrogens with zero attached hydrogens (tertiary/aromatic N) is 1. The minimum absolute atomic E-state index is 0. The van der Waals surface area contributed by atoms with Gasteiger partial charge in [0.05, 0.1) is 5.41 Å². The van der Waals surface area contributed by atoms with Crippen LogP contribution in [0.15, 0.2) is 0 Å². The van der Waals surface area contributed by atoms with Gasteiger partial charge in [-0.3, -0.25) is 4.79 Å². The normalized spacial score (nSPS) is 24.6. The summed E-state index contributed by atoms with van der Waals surface area (Å²) in [4.78, 5) is 14.7. The van der Waals surface area contributed by atoms with E-state index in [4.69, 9.17) is 0 Å². The van der Waals surface area contributed by atoms with E-state index in [0.717, 1.165) is 38.9 Å². The van der Waals surface area contributed by atoms with Gasteiger partial charge in [0.25, 0.3) is 0 Å². The van der Waals surface area contributed by atoms with Crippen molar-refractivity contribution in [2.75, 3.05) is 19.6 Å². The van der Waals surface area contributed by atoms with E-state index in [0.29, 0.717) is 5.91 Å². The van der Waals surface area contributed by atoms with Gasteiger partial charge in [-0.25, -0.2) is 0 Å². The van der Waals surface area contributed by atoms with E-state index in [9.17, 15) is 4.79 Å². The highest BCUT2D eigenvalue weighted by Gasteiger charge is 2.46. The topological polar surface area (TPSA) is 32.3 Å². The zero-order valence-corrected chi connectivity index (χ0v) is 12.0. The fourth-order valence-corrected chi connectivity index (χ4v) is 3.08. The molecule has 2 heterocycles. The van der Waals surface area contributed by atoms with Crippen LogP contribution >= 0.6 is 12.4 Å². The van der Waals surface area contributed by atoms with E-state index in [1.165, 1.54) is 6.42 Å². The number of halogens is 1. The van der Waals surface area contributed by atoms with Crippen molar-refractivity contribution in [3.05, 3.63) is 0 Å². The average molecular weight is 261 g/mol. The van der Waals surface area contributed by atoms with Crippen LogP contribution in [0, 0.1) is 5.41 Å². The Morgan fingerprint density at radius 1 is 1.18 bits per heavy atom.